The van der Waals surface area contributed by atoms with Gasteiger partial charge in [0.1, 0.15) is 6.04 Å². The molecule has 1 aliphatic rings. The van der Waals surface area contributed by atoms with Crippen LogP contribution in [0.3, 0.4) is 0 Å². The summed E-state index contributed by atoms with van der Waals surface area (Å²) in [6.07, 6.45) is 0. The van der Waals surface area contributed by atoms with E-state index in [0.717, 1.165) is 5.56 Å². The predicted octanol–water partition coefficient (Wildman–Crippen LogP) is 2.16. The second kappa shape index (κ2) is 6.20. The zero-order valence-electron chi connectivity index (χ0n) is 13.4. The highest BCUT2D eigenvalue weighted by Gasteiger charge is 2.34. The molecule has 1 aromatic carbocycles. The van der Waals surface area contributed by atoms with Gasteiger partial charge in [0.05, 0.1) is 12.2 Å². The van der Waals surface area contributed by atoms with Crippen molar-refractivity contribution in [1.29, 1.82) is 0 Å². The van der Waals surface area contributed by atoms with Crippen LogP contribution < -0.4 is 5.32 Å². The average Bonchev–Trinajstić information content (AvgIpc) is 2.99. The Bertz CT molecular complexity index is 736. The topological polar surface area (TPSA) is 81.9 Å². The van der Waals surface area contributed by atoms with Crippen LogP contribution in [0.5, 0.6) is 0 Å². The van der Waals surface area contributed by atoms with Crippen molar-refractivity contribution in [3.05, 3.63) is 47.2 Å². The summed E-state index contributed by atoms with van der Waals surface area (Å²) in [6.45, 7) is 6.21. The Balaban J connectivity index is 2.02. The number of tetrazole rings is 1. The van der Waals surface area contributed by atoms with Gasteiger partial charge in [-0.05, 0) is 28.8 Å². The molecule has 2 aromatic rings. The SMILES string of the molecule is CC1=C(C(=O)OCC(C)C)C(c2ccccc2)n2nnnc2N1. The van der Waals surface area contributed by atoms with E-state index in [9.17, 15) is 4.79 Å². The van der Waals surface area contributed by atoms with Crippen molar-refractivity contribution in [1.82, 2.24) is 20.2 Å². The molecule has 0 saturated carbocycles. The highest BCUT2D eigenvalue weighted by Crippen LogP contribution is 2.34. The van der Waals surface area contributed by atoms with Crippen LogP contribution in [0.25, 0.3) is 0 Å². The molecule has 0 bridgehead atoms. The highest BCUT2D eigenvalue weighted by molar-refractivity contribution is 5.92. The lowest BCUT2D eigenvalue weighted by Gasteiger charge is -2.27. The second-order valence-corrected chi connectivity index (χ2v) is 5.92. The van der Waals surface area contributed by atoms with Gasteiger partial charge < -0.3 is 10.1 Å². The molecule has 1 aromatic heterocycles. The Morgan fingerprint density at radius 2 is 2.09 bits per heavy atom. The van der Waals surface area contributed by atoms with E-state index in [1.54, 1.807) is 4.68 Å². The van der Waals surface area contributed by atoms with Crippen LogP contribution in [0.15, 0.2) is 41.6 Å². The Morgan fingerprint density at radius 1 is 1.35 bits per heavy atom. The number of nitrogens with one attached hydrogen (secondary N) is 1. The molecule has 1 atom stereocenters. The summed E-state index contributed by atoms with van der Waals surface area (Å²) in [7, 11) is 0. The number of carbonyl (C=O) groups is 1. The molecule has 0 spiro atoms. The van der Waals surface area contributed by atoms with E-state index >= 15 is 0 Å². The number of fused-ring (bicyclic) bond motifs is 1. The van der Waals surface area contributed by atoms with E-state index in [2.05, 4.69) is 20.8 Å². The number of rotatable bonds is 4. The zero-order chi connectivity index (χ0) is 16.4. The third kappa shape index (κ3) is 2.94. The van der Waals surface area contributed by atoms with Crippen LogP contribution in [0.1, 0.15) is 32.4 Å². The molecule has 0 saturated heterocycles. The molecule has 1 N–H and O–H groups in total. The number of aromatic nitrogens is 4. The Hall–Kier alpha value is -2.70. The summed E-state index contributed by atoms with van der Waals surface area (Å²) >= 11 is 0. The fourth-order valence-corrected chi connectivity index (χ4v) is 2.54. The lowest BCUT2D eigenvalue weighted by molar-refractivity contribution is -0.140. The van der Waals surface area contributed by atoms with Crippen molar-refractivity contribution >= 4 is 11.9 Å². The lowest BCUT2D eigenvalue weighted by Crippen LogP contribution is -2.30. The van der Waals surface area contributed by atoms with E-state index in [1.807, 2.05) is 51.1 Å². The first-order valence-corrected chi connectivity index (χ1v) is 7.55. The Morgan fingerprint density at radius 3 is 2.78 bits per heavy atom. The first-order chi connectivity index (χ1) is 11.1. The van der Waals surface area contributed by atoms with Gasteiger partial charge >= 0.3 is 5.97 Å². The van der Waals surface area contributed by atoms with Crippen molar-refractivity contribution in [2.24, 2.45) is 5.92 Å². The number of ether oxygens (including phenoxy) is 1. The average molecular weight is 313 g/mol. The smallest absolute Gasteiger partial charge is 0.338 e. The molecular weight excluding hydrogens is 294 g/mol. The van der Waals surface area contributed by atoms with E-state index < -0.39 is 6.04 Å². The fourth-order valence-electron chi connectivity index (χ4n) is 2.54. The number of hydrogen-bond acceptors (Lipinski definition) is 6. The molecule has 0 fully saturated rings. The number of allylic oxidation sites excluding steroid dienone is 1. The van der Waals surface area contributed by atoms with Crippen molar-refractivity contribution in [2.75, 3.05) is 11.9 Å². The van der Waals surface area contributed by atoms with Crippen LogP contribution in [0, 0.1) is 5.92 Å². The minimum Gasteiger partial charge on any atom is -0.462 e. The monoisotopic (exact) mass is 313 g/mol. The fraction of sp³-hybridized carbons (Fsp3) is 0.375. The van der Waals surface area contributed by atoms with Gasteiger partial charge in [0.15, 0.2) is 0 Å². The molecule has 23 heavy (non-hydrogen) atoms. The van der Waals surface area contributed by atoms with Crippen LogP contribution in [0.4, 0.5) is 5.95 Å². The third-order valence-electron chi connectivity index (χ3n) is 3.60. The number of nitrogens with zero attached hydrogens (tertiary/aromatic N) is 4. The number of benzene rings is 1. The maximum Gasteiger partial charge on any atom is 0.338 e. The van der Waals surface area contributed by atoms with E-state index in [-0.39, 0.29) is 11.9 Å². The predicted molar refractivity (Wildman–Crippen MR) is 84.5 cm³/mol. The summed E-state index contributed by atoms with van der Waals surface area (Å²) in [5.74, 6) is 0.436. The van der Waals surface area contributed by atoms with Crippen molar-refractivity contribution in [3.8, 4) is 0 Å². The molecule has 3 rings (SSSR count). The quantitative estimate of drug-likeness (QED) is 0.871. The summed E-state index contributed by atoms with van der Waals surface area (Å²) in [4.78, 5) is 12.6. The highest BCUT2D eigenvalue weighted by atomic mass is 16.5. The summed E-state index contributed by atoms with van der Waals surface area (Å²) in [6, 6.07) is 9.27. The molecule has 1 aliphatic heterocycles. The van der Waals surface area contributed by atoms with Crippen LogP contribution in [0.2, 0.25) is 0 Å². The maximum atomic E-state index is 12.6. The van der Waals surface area contributed by atoms with Gasteiger partial charge in [0.2, 0.25) is 5.95 Å². The minimum atomic E-state index is -0.401. The van der Waals surface area contributed by atoms with Crippen molar-refractivity contribution in [2.45, 2.75) is 26.8 Å². The second-order valence-electron chi connectivity index (χ2n) is 5.92. The van der Waals surface area contributed by atoms with Crippen LogP contribution >= 0.6 is 0 Å². The number of anilines is 1. The maximum absolute atomic E-state index is 12.6. The third-order valence-corrected chi connectivity index (χ3v) is 3.60. The van der Waals surface area contributed by atoms with Gasteiger partial charge in [-0.2, -0.15) is 4.68 Å². The largest absolute Gasteiger partial charge is 0.462 e. The normalized spacial score (nSPS) is 17.0. The molecule has 0 radical (unpaired) electrons. The van der Waals surface area contributed by atoms with Gasteiger partial charge in [0.25, 0.3) is 0 Å². The van der Waals surface area contributed by atoms with Crippen molar-refractivity contribution in [3.63, 3.8) is 0 Å². The molecule has 120 valence electrons. The van der Waals surface area contributed by atoms with Gasteiger partial charge in [0, 0.05) is 5.70 Å². The molecule has 7 heteroatoms. The van der Waals surface area contributed by atoms with Gasteiger partial charge in [-0.1, -0.05) is 49.3 Å². The first kappa shape index (κ1) is 15.2. The Labute approximate surface area is 134 Å². The molecule has 1 unspecified atom stereocenters. The summed E-state index contributed by atoms with van der Waals surface area (Å²) < 4.78 is 7.04. The van der Waals surface area contributed by atoms with E-state index in [1.165, 1.54) is 0 Å². The van der Waals surface area contributed by atoms with Crippen LogP contribution in [-0.4, -0.2) is 32.8 Å². The van der Waals surface area contributed by atoms with Gasteiger partial charge in [-0.25, -0.2) is 4.79 Å². The molecule has 7 nitrogen and oxygen atoms in total. The van der Waals surface area contributed by atoms with Gasteiger partial charge in [-0.15, -0.1) is 0 Å². The van der Waals surface area contributed by atoms with Crippen LogP contribution in [-0.2, 0) is 9.53 Å². The standard InChI is InChI=1S/C16H19N5O2/c1-10(2)9-23-15(22)13-11(3)17-16-18-19-20-21(16)14(13)12-7-5-4-6-8-12/h4-8,10,14H,9H2,1-3H3,(H,17,18,20). The number of carbonyl (C=O) groups excluding carboxylic acids is 1. The minimum absolute atomic E-state index is 0.273. The van der Waals surface area contributed by atoms with E-state index in [4.69, 9.17) is 4.74 Å². The molecule has 0 aliphatic carbocycles. The summed E-state index contributed by atoms with van der Waals surface area (Å²) in [5.41, 5.74) is 2.16. The zero-order valence-corrected chi connectivity index (χ0v) is 13.4. The lowest BCUT2D eigenvalue weighted by atomic mass is 9.96. The molecule has 2 heterocycles. The van der Waals surface area contributed by atoms with Gasteiger partial charge in [-0.3, -0.25) is 0 Å². The number of esters is 1. The Kier molecular flexibility index (Phi) is 4.10. The van der Waals surface area contributed by atoms with E-state index in [0.29, 0.717) is 23.8 Å². The van der Waals surface area contributed by atoms with Crippen molar-refractivity contribution < 1.29 is 9.53 Å². The molecular formula is C16H19N5O2. The summed E-state index contributed by atoms with van der Waals surface area (Å²) in [5, 5.41) is 14.8. The first-order valence-electron chi connectivity index (χ1n) is 7.55. The number of hydrogen-bond donors (Lipinski definition) is 1. The molecule has 0 amide bonds.